The van der Waals surface area contributed by atoms with E-state index in [1.165, 1.54) is 37.8 Å². The van der Waals surface area contributed by atoms with Gasteiger partial charge >= 0.3 is 36.2 Å². The number of nitrogens with one attached hydrogen (secondary N) is 6. The molecule has 12 rings (SSSR count). The third kappa shape index (κ3) is 32.5. The number of aliphatic carboxylic acids is 4. The van der Waals surface area contributed by atoms with Gasteiger partial charge in [-0.15, -0.1) is 0 Å². The highest BCUT2D eigenvalue weighted by atomic mass is 79.9. The summed E-state index contributed by atoms with van der Waals surface area (Å²) >= 11 is 45.2. The van der Waals surface area contributed by atoms with E-state index in [2.05, 4.69) is 127 Å². The summed E-state index contributed by atoms with van der Waals surface area (Å²) in [4.78, 5) is 66.8. The van der Waals surface area contributed by atoms with Crippen LogP contribution in [0.25, 0.3) is 0 Å². The molecule has 36 heteroatoms. The number of halogens is 16. The van der Waals surface area contributed by atoms with E-state index < -0.39 is 72.3 Å². The van der Waals surface area contributed by atoms with Crippen molar-refractivity contribution in [2.75, 3.05) is 60.5 Å². The number of amides is 2. The SMILES string of the molecule is O=C(O)CCc1cc(Br)c(OCc2cc(NCC3CC3)cc(C(F)(F)F)c2)c(Br)c1.O=C(O)CCc1cc(Cl)c(OCc2cc(Cl)cc(NCC3CC3)c2)c(Cl)c1.O=C(O)CNC(=O)c1cc(Br)c(OCc2cc(Cl)cc(NCC3CC3)c2)c(Br)c1.O=C(O)CNC(=O)c1cc(Br)c(OCc2cc(NCC3CC3)cc(C(F)(F)F)c2)c(Br)c1. The summed E-state index contributed by atoms with van der Waals surface area (Å²) in [6.45, 7) is 2.60. The van der Waals surface area contributed by atoms with Gasteiger partial charge in [0.25, 0.3) is 11.8 Å². The second kappa shape index (κ2) is 44.4. The lowest BCUT2D eigenvalue weighted by Gasteiger charge is -2.16. The number of rotatable bonds is 36. The van der Waals surface area contributed by atoms with Gasteiger partial charge in [-0.25, -0.2) is 0 Å². The van der Waals surface area contributed by atoms with Gasteiger partial charge in [-0.3, -0.25) is 28.8 Å². The summed E-state index contributed by atoms with van der Waals surface area (Å²) in [7, 11) is 0. The predicted octanol–water partition coefficient (Wildman–Crippen LogP) is 23.2. The van der Waals surface area contributed by atoms with Crippen LogP contribution in [0.5, 0.6) is 23.0 Å². The Bertz CT molecular complexity index is 4860. The zero-order valence-corrected chi connectivity index (χ0v) is 74.9. The molecule has 0 bridgehead atoms. The molecule has 0 aliphatic heterocycles. The fourth-order valence-corrected chi connectivity index (χ4v) is 16.7. The standard InChI is InChI=1S/C21H19Br2F3N2O4.C21H20Br2F3NO3.C20H19Br2ClN2O4.C20H20Cl3NO3/c22-16-5-13(20(31)28-9-18(29)30)6-17(23)19(16)32-10-12-3-14(21(24,25)26)7-15(4-12)27-8-11-1-2-11;22-17-7-13(3-4-19(28)29)8-18(23)20(17)30-11-14-5-15(21(24,25)26)9-16(6-14)27-10-12-1-2-12;21-16-5-13(20(28)25-9-18(26)27)6-17(22)19(16)29-10-12-3-14(23)7-15(4-12)24-8-11-1-2-11;21-15-5-14(6-16(9-15)24-10-12-1-2-12)11-27-20-17(22)7-13(8-18(20)23)3-4-19(25)26/h3-7,11,27H,1-2,8-10H2,(H,28,31)(H,29,30);5-9,12,27H,1-4,10-11H2,(H,28,29);3-7,11,24H,1-2,8-10H2,(H,25,28)(H,26,27);5-9,12,24H,1-4,10-11H2,(H,25,26). The van der Waals surface area contributed by atoms with Crippen LogP contribution in [0.3, 0.4) is 0 Å². The Kier molecular flexibility index (Phi) is 35.5. The molecule has 10 N–H and O–H groups in total. The third-order valence-electron chi connectivity index (χ3n) is 17.9. The Morgan fingerprint density at radius 1 is 0.347 bits per heavy atom. The minimum Gasteiger partial charge on any atom is -0.487 e. The molecule has 4 aliphatic carbocycles. The molecule has 0 spiro atoms. The van der Waals surface area contributed by atoms with Crippen LogP contribution in [0.4, 0.5) is 49.1 Å². The molecule has 2 amide bonds. The number of carbonyl (C=O) groups is 6. The highest BCUT2D eigenvalue weighted by molar-refractivity contribution is 9.12. The Morgan fingerprint density at radius 2 is 0.619 bits per heavy atom. The second-order valence-electron chi connectivity index (χ2n) is 28.2. The second-order valence-corrected chi connectivity index (χ2v) is 35.0. The van der Waals surface area contributed by atoms with Crippen LogP contribution >= 0.6 is 142 Å². The van der Waals surface area contributed by atoms with Gasteiger partial charge in [-0.1, -0.05) is 46.4 Å². The van der Waals surface area contributed by atoms with Crippen molar-refractivity contribution in [1.82, 2.24) is 10.6 Å². The van der Waals surface area contributed by atoms with Crippen LogP contribution in [-0.2, 0) is 70.8 Å². The molecule has 118 heavy (non-hydrogen) atoms. The Balaban J connectivity index is 0.000000180. The quantitative estimate of drug-likeness (QED) is 0.0163. The van der Waals surface area contributed by atoms with Crippen molar-refractivity contribution in [2.24, 2.45) is 23.7 Å². The van der Waals surface area contributed by atoms with Crippen molar-refractivity contribution in [3.63, 3.8) is 0 Å². The monoisotopic (exact) mass is 2100 g/mol. The first kappa shape index (κ1) is 94.5. The molecule has 0 aromatic heterocycles. The Morgan fingerprint density at radius 3 is 0.898 bits per heavy atom. The molecule has 0 radical (unpaired) electrons. The Labute approximate surface area is 746 Å². The van der Waals surface area contributed by atoms with Crippen LogP contribution in [0, 0.1) is 23.7 Å². The zero-order valence-electron chi connectivity index (χ0n) is 62.3. The Hall–Kier alpha value is -7.40. The lowest BCUT2D eigenvalue weighted by molar-refractivity contribution is -0.138. The lowest BCUT2D eigenvalue weighted by atomic mass is 10.1. The van der Waals surface area contributed by atoms with E-state index in [9.17, 15) is 55.1 Å². The third-order valence-corrected chi connectivity index (χ3v) is 22.5. The normalized spacial score (nSPS) is 13.5. The summed E-state index contributed by atoms with van der Waals surface area (Å²) in [6.07, 6.45) is 1.28. The summed E-state index contributed by atoms with van der Waals surface area (Å²) in [5.41, 5.74) is 5.87. The molecule has 0 atom stereocenters. The largest absolute Gasteiger partial charge is 0.487 e. The molecule has 8 aromatic carbocycles. The van der Waals surface area contributed by atoms with E-state index >= 15 is 0 Å². The summed E-state index contributed by atoms with van der Waals surface area (Å²) in [5.74, 6) is -0.909. The number of carboxylic acid groups (broad SMARTS) is 4. The molecule has 0 saturated heterocycles. The van der Waals surface area contributed by atoms with Gasteiger partial charge in [0.2, 0.25) is 0 Å². The van der Waals surface area contributed by atoms with E-state index in [-0.39, 0.29) is 38.2 Å². The molecular formula is C82H78Br6Cl4F6N6O14. The van der Waals surface area contributed by atoms with Crippen LogP contribution in [0.1, 0.15) is 129 Å². The summed E-state index contributed by atoms with van der Waals surface area (Å²) in [6, 6.07) is 32.0. The van der Waals surface area contributed by atoms with Gasteiger partial charge in [0.1, 0.15) is 56.8 Å². The minimum absolute atomic E-state index is 0.0000473. The number of carbonyl (C=O) groups excluding carboxylic acids is 2. The van der Waals surface area contributed by atoms with Crippen LogP contribution in [0.2, 0.25) is 20.1 Å². The molecule has 4 saturated carbocycles. The van der Waals surface area contributed by atoms with Crippen molar-refractivity contribution >= 4 is 200 Å². The topological polar surface area (TPSA) is 292 Å². The maximum atomic E-state index is 13.3. The first-order chi connectivity index (χ1) is 55.9. The number of aryl methyl sites for hydroxylation is 2. The molecule has 8 aromatic rings. The van der Waals surface area contributed by atoms with Crippen molar-refractivity contribution in [1.29, 1.82) is 0 Å². The van der Waals surface area contributed by atoms with Gasteiger partial charge in [-0.2, -0.15) is 26.3 Å². The average Bonchev–Trinajstić information content (AvgIpc) is 1.24. The molecule has 632 valence electrons. The zero-order chi connectivity index (χ0) is 85.7. The van der Waals surface area contributed by atoms with Crippen LogP contribution in [0.15, 0.2) is 148 Å². The molecule has 0 heterocycles. The van der Waals surface area contributed by atoms with Crippen molar-refractivity contribution < 1.29 is 94.5 Å². The number of benzene rings is 8. The molecule has 4 aliphatic rings. The fraction of sp³-hybridized carbons (Fsp3) is 0.341. The number of alkyl halides is 6. The fourth-order valence-electron chi connectivity index (χ4n) is 11.2. The number of carboxylic acids is 4. The molecule has 20 nitrogen and oxygen atoms in total. The van der Waals surface area contributed by atoms with Crippen LogP contribution in [-0.4, -0.2) is 95.4 Å². The molecule has 4 fully saturated rings. The highest BCUT2D eigenvalue weighted by Gasteiger charge is 2.34. The van der Waals surface area contributed by atoms with E-state index in [1.54, 1.807) is 48.5 Å². The maximum absolute atomic E-state index is 13.3. The number of ether oxygens (including phenoxy) is 4. The minimum atomic E-state index is -4.49. The average molecular weight is 2110 g/mol. The van der Waals surface area contributed by atoms with Gasteiger partial charge in [0.15, 0.2) is 5.75 Å². The molecular weight excluding hydrogens is 2030 g/mol. The molecule has 0 unspecified atom stereocenters. The first-order valence-corrected chi connectivity index (χ1v) is 43.0. The van der Waals surface area contributed by atoms with Crippen molar-refractivity contribution in [2.45, 2.75) is 116 Å². The first-order valence-electron chi connectivity index (χ1n) is 36.7. The highest BCUT2D eigenvalue weighted by Crippen LogP contribution is 2.43. The summed E-state index contributed by atoms with van der Waals surface area (Å²) in [5, 5.41) is 54.5. The van der Waals surface area contributed by atoms with E-state index in [0.29, 0.717) is 142 Å². The van der Waals surface area contributed by atoms with Crippen molar-refractivity contribution in [3.05, 3.63) is 224 Å². The van der Waals surface area contributed by atoms with E-state index in [0.717, 1.165) is 109 Å². The summed E-state index contributed by atoms with van der Waals surface area (Å²) < 4.78 is 106. The predicted molar refractivity (Wildman–Crippen MR) is 462 cm³/mol. The van der Waals surface area contributed by atoms with Gasteiger partial charge < -0.3 is 71.3 Å². The van der Waals surface area contributed by atoms with Crippen molar-refractivity contribution in [3.8, 4) is 23.0 Å². The lowest BCUT2D eigenvalue weighted by Crippen LogP contribution is -2.29. The van der Waals surface area contributed by atoms with Crippen LogP contribution < -0.4 is 50.8 Å². The smallest absolute Gasteiger partial charge is 0.416 e. The van der Waals surface area contributed by atoms with Gasteiger partial charge in [0, 0.05) is 82.9 Å². The van der Waals surface area contributed by atoms with E-state index in [1.807, 2.05) is 36.4 Å². The number of hydrogen-bond acceptors (Lipinski definition) is 14. The number of anilines is 4. The van der Waals surface area contributed by atoms with Gasteiger partial charge in [-0.05, 0) is 338 Å². The number of hydrogen-bond donors (Lipinski definition) is 10. The maximum Gasteiger partial charge on any atom is 0.416 e. The van der Waals surface area contributed by atoms with E-state index in [4.69, 9.17) is 85.8 Å². The van der Waals surface area contributed by atoms with Gasteiger partial charge in [0.05, 0.1) is 48.0 Å².